The Bertz CT molecular complexity index is 1300. The first-order chi connectivity index (χ1) is 14.4. The number of H-pyrrole nitrogens is 1. The van der Waals surface area contributed by atoms with Gasteiger partial charge in [-0.1, -0.05) is 48.0 Å². The summed E-state index contributed by atoms with van der Waals surface area (Å²) < 4.78 is 0. The summed E-state index contributed by atoms with van der Waals surface area (Å²) in [5.74, 6) is -0.125. The maximum atomic E-state index is 13.6. The van der Waals surface area contributed by atoms with E-state index in [1.807, 2.05) is 93.6 Å². The topological polar surface area (TPSA) is 53.2 Å². The molecule has 0 atom stereocenters. The minimum Gasteiger partial charge on any atom is -0.322 e. The highest BCUT2D eigenvalue weighted by atomic mass is 16.2. The van der Waals surface area contributed by atoms with E-state index in [0.717, 1.165) is 33.3 Å². The van der Waals surface area contributed by atoms with Gasteiger partial charge in [-0.3, -0.25) is 9.59 Å². The van der Waals surface area contributed by atoms with E-state index in [1.165, 1.54) is 0 Å². The number of hydrogen-bond acceptors (Lipinski definition) is 2. The second-order valence-corrected chi connectivity index (χ2v) is 7.76. The Balaban J connectivity index is 1.83. The molecule has 0 bridgehead atoms. The molecule has 4 nitrogen and oxygen atoms in total. The number of amides is 1. The van der Waals surface area contributed by atoms with E-state index in [0.29, 0.717) is 11.1 Å². The molecule has 4 heteroatoms. The molecule has 150 valence electrons. The van der Waals surface area contributed by atoms with Crippen molar-refractivity contribution in [3.63, 3.8) is 0 Å². The molecule has 0 fully saturated rings. The van der Waals surface area contributed by atoms with E-state index in [4.69, 9.17) is 0 Å². The molecular weight excluding hydrogens is 372 g/mol. The standard InChI is InChI=1S/C26H24N2O2/c1-17-7-6-9-21(13-17)26(30)28(24-14-18(2)11-12-19(24)3)16-22-15-20-8-4-5-10-23(20)27-25(22)29/h4-15H,16H2,1-3H3,(H,27,29). The van der Waals surface area contributed by atoms with Crippen LogP contribution in [0.1, 0.15) is 32.6 Å². The number of nitrogens with zero attached hydrogens (tertiary/aromatic N) is 1. The Hall–Kier alpha value is -3.66. The average molecular weight is 396 g/mol. The monoisotopic (exact) mass is 396 g/mol. The molecule has 0 unspecified atom stereocenters. The summed E-state index contributed by atoms with van der Waals surface area (Å²) in [5, 5.41) is 0.941. The van der Waals surface area contributed by atoms with E-state index < -0.39 is 0 Å². The molecule has 30 heavy (non-hydrogen) atoms. The summed E-state index contributed by atoms with van der Waals surface area (Å²) >= 11 is 0. The van der Waals surface area contributed by atoms with Crippen molar-refractivity contribution in [2.75, 3.05) is 4.90 Å². The molecule has 1 heterocycles. The number of rotatable bonds is 4. The summed E-state index contributed by atoms with van der Waals surface area (Å²) in [6, 6.07) is 23.1. The highest BCUT2D eigenvalue weighted by Gasteiger charge is 2.21. The minimum absolute atomic E-state index is 0.125. The number of aromatic amines is 1. The van der Waals surface area contributed by atoms with Crippen LogP contribution in [-0.2, 0) is 6.54 Å². The summed E-state index contributed by atoms with van der Waals surface area (Å²) in [6.07, 6.45) is 0. The Labute approximate surface area is 175 Å². The Morgan fingerprint density at radius 2 is 1.63 bits per heavy atom. The van der Waals surface area contributed by atoms with Crippen LogP contribution in [0.2, 0.25) is 0 Å². The number of para-hydroxylation sites is 1. The highest BCUT2D eigenvalue weighted by molar-refractivity contribution is 6.06. The Morgan fingerprint density at radius 3 is 2.43 bits per heavy atom. The second kappa shape index (κ2) is 7.99. The van der Waals surface area contributed by atoms with E-state index in [2.05, 4.69) is 4.98 Å². The maximum absolute atomic E-state index is 13.6. The lowest BCUT2D eigenvalue weighted by atomic mass is 10.1. The highest BCUT2D eigenvalue weighted by Crippen LogP contribution is 2.26. The number of hydrogen-bond donors (Lipinski definition) is 1. The third-order valence-corrected chi connectivity index (χ3v) is 5.32. The normalized spacial score (nSPS) is 10.9. The van der Waals surface area contributed by atoms with Crippen LogP contribution in [0, 0.1) is 20.8 Å². The van der Waals surface area contributed by atoms with E-state index in [1.54, 1.807) is 4.90 Å². The minimum atomic E-state index is -0.180. The average Bonchev–Trinajstić information content (AvgIpc) is 2.73. The van der Waals surface area contributed by atoms with E-state index in [9.17, 15) is 9.59 Å². The molecule has 4 aromatic rings. The zero-order chi connectivity index (χ0) is 21.3. The predicted molar refractivity (Wildman–Crippen MR) is 122 cm³/mol. The molecule has 1 aromatic heterocycles. The van der Waals surface area contributed by atoms with Crippen LogP contribution >= 0.6 is 0 Å². The molecule has 0 saturated heterocycles. The number of nitrogens with one attached hydrogen (secondary N) is 1. The molecule has 0 radical (unpaired) electrons. The first kappa shape index (κ1) is 19.6. The lowest BCUT2D eigenvalue weighted by Crippen LogP contribution is -2.33. The van der Waals surface area contributed by atoms with E-state index >= 15 is 0 Å². The van der Waals surface area contributed by atoms with Gasteiger partial charge in [0.05, 0.1) is 6.54 Å². The van der Waals surface area contributed by atoms with Crippen molar-refractivity contribution in [1.29, 1.82) is 0 Å². The van der Waals surface area contributed by atoms with E-state index in [-0.39, 0.29) is 18.0 Å². The third-order valence-electron chi connectivity index (χ3n) is 5.32. The van der Waals surface area contributed by atoms with Crippen molar-refractivity contribution in [3.05, 3.63) is 111 Å². The molecule has 1 N–H and O–H groups in total. The van der Waals surface area contributed by atoms with Gasteiger partial charge in [0.1, 0.15) is 0 Å². The number of anilines is 1. The zero-order valence-electron chi connectivity index (χ0n) is 17.4. The maximum Gasteiger partial charge on any atom is 0.258 e. The molecular formula is C26H24N2O2. The van der Waals surface area contributed by atoms with Crippen LogP contribution in [0.5, 0.6) is 0 Å². The zero-order valence-corrected chi connectivity index (χ0v) is 17.4. The van der Waals surface area contributed by atoms with Crippen molar-refractivity contribution < 1.29 is 4.79 Å². The van der Waals surface area contributed by atoms with Crippen molar-refractivity contribution in [2.24, 2.45) is 0 Å². The lowest BCUT2D eigenvalue weighted by Gasteiger charge is -2.25. The van der Waals surface area contributed by atoms with Crippen molar-refractivity contribution in [1.82, 2.24) is 4.98 Å². The summed E-state index contributed by atoms with van der Waals surface area (Å²) in [6.45, 7) is 6.14. The van der Waals surface area contributed by atoms with Crippen LogP contribution in [0.4, 0.5) is 5.69 Å². The van der Waals surface area contributed by atoms with Crippen LogP contribution < -0.4 is 10.5 Å². The predicted octanol–water partition coefficient (Wildman–Crippen LogP) is 5.30. The SMILES string of the molecule is Cc1cccc(C(=O)N(Cc2cc3ccccc3[nH]c2=O)c2cc(C)ccc2C)c1. The van der Waals surface area contributed by atoms with Gasteiger partial charge in [0, 0.05) is 22.3 Å². The van der Waals surface area contributed by atoms with Gasteiger partial charge >= 0.3 is 0 Å². The quantitative estimate of drug-likeness (QED) is 0.509. The number of carbonyl (C=O) groups is 1. The van der Waals surface area contributed by atoms with Gasteiger partial charge in [0.25, 0.3) is 11.5 Å². The number of carbonyl (C=O) groups excluding carboxylic acids is 1. The molecule has 1 amide bonds. The van der Waals surface area contributed by atoms with Gasteiger partial charge in [-0.05, 0) is 67.6 Å². The first-order valence-corrected chi connectivity index (χ1v) is 9.99. The van der Waals surface area contributed by atoms with Crippen LogP contribution in [-0.4, -0.2) is 10.9 Å². The molecule has 4 rings (SSSR count). The molecule has 0 aliphatic heterocycles. The van der Waals surface area contributed by atoms with Gasteiger partial charge in [-0.25, -0.2) is 0 Å². The molecule has 0 aliphatic rings. The van der Waals surface area contributed by atoms with Gasteiger partial charge < -0.3 is 9.88 Å². The van der Waals surface area contributed by atoms with Crippen molar-refractivity contribution in [2.45, 2.75) is 27.3 Å². The lowest BCUT2D eigenvalue weighted by molar-refractivity contribution is 0.0985. The number of pyridine rings is 1. The summed E-state index contributed by atoms with van der Waals surface area (Å²) in [5.41, 5.74) is 5.64. The van der Waals surface area contributed by atoms with Gasteiger partial charge in [0.15, 0.2) is 0 Å². The fourth-order valence-corrected chi connectivity index (χ4v) is 3.69. The second-order valence-electron chi connectivity index (χ2n) is 7.76. The van der Waals surface area contributed by atoms with Crippen LogP contribution in [0.25, 0.3) is 10.9 Å². The largest absolute Gasteiger partial charge is 0.322 e. The number of fused-ring (bicyclic) bond motifs is 1. The van der Waals surface area contributed by atoms with Crippen LogP contribution in [0.3, 0.4) is 0 Å². The van der Waals surface area contributed by atoms with Gasteiger partial charge in [-0.15, -0.1) is 0 Å². The smallest absolute Gasteiger partial charge is 0.258 e. The number of aromatic nitrogens is 1. The number of benzene rings is 3. The van der Waals surface area contributed by atoms with Gasteiger partial charge in [0.2, 0.25) is 0 Å². The molecule has 0 aliphatic carbocycles. The Morgan fingerprint density at radius 1 is 0.867 bits per heavy atom. The number of aryl methyl sites for hydroxylation is 3. The summed E-state index contributed by atoms with van der Waals surface area (Å²) in [4.78, 5) is 31.0. The van der Waals surface area contributed by atoms with Gasteiger partial charge in [-0.2, -0.15) is 0 Å². The fourth-order valence-electron chi connectivity index (χ4n) is 3.69. The summed E-state index contributed by atoms with van der Waals surface area (Å²) in [7, 11) is 0. The van der Waals surface area contributed by atoms with Crippen LogP contribution in [0.15, 0.2) is 77.6 Å². The van der Waals surface area contributed by atoms with Crippen molar-refractivity contribution >= 4 is 22.5 Å². The molecule has 0 spiro atoms. The third kappa shape index (κ3) is 3.90. The first-order valence-electron chi connectivity index (χ1n) is 9.99. The Kier molecular flexibility index (Phi) is 5.23. The molecule has 3 aromatic carbocycles. The van der Waals surface area contributed by atoms with Crippen molar-refractivity contribution in [3.8, 4) is 0 Å². The fraction of sp³-hybridized carbons (Fsp3) is 0.154. The molecule has 0 saturated carbocycles.